The molecule has 1 aromatic rings. The monoisotopic (exact) mass is 421 g/mol. The van der Waals surface area contributed by atoms with Gasteiger partial charge in [-0.05, 0) is 63.2 Å². The van der Waals surface area contributed by atoms with E-state index < -0.39 is 0 Å². The van der Waals surface area contributed by atoms with Crippen molar-refractivity contribution < 1.29 is 14.3 Å². The molecule has 4 rings (SSSR count). The molecule has 0 radical (unpaired) electrons. The molecule has 0 aromatic carbocycles. The number of aromatic nitrogens is 1. The molecule has 31 heavy (non-hydrogen) atoms. The molecule has 1 saturated carbocycles. The molecule has 0 bridgehead atoms. The number of aryl methyl sites for hydroxylation is 1. The van der Waals surface area contributed by atoms with Crippen LogP contribution in [0.4, 0.5) is 0 Å². The van der Waals surface area contributed by atoms with E-state index in [4.69, 9.17) is 4.74 Å². The highest BCUT2D eigenvalue weighted by molar-refractivity contribution is 6.07. The van der Waals surface area contributed by atoms with E-state index in [1.54, 1.807) is 0 Å². The lowest BCUT2D eigenvalue weighted by molar-refractivity contribution is -0.127. The van der Waals surface area contributed by atoms with Crippen molar-refractivity contribution >= 4 is 11.8 Å². The summed E-state index contributed by atoms with van der Waals surface area (Å²) in [6.07, 6.45) is 12.7. The molecule has 1 fully saturated rings. The summed E-state index contributed by atoms with van der Waals surface area (Å²) < 4.78 is 5.97. The van der Waals surface area contributed by atoms with Crippen molar-refractivity contribution in [1.29, 1.82) is 0 Å². The molecule has 3 aliphatic rings. The second-order valence-electron chi connectivity index (χ2n) is 8.57. The molecule has 1 aromatic heterocycles. The van der Waals surface area contributed by atoms with Crippen LogP contribution < -0.4 is 10.1 Å². The van der Waals surface area contributed by atoms with E-state index in [2.05, 4.69) is 16.4 Å². The van der Waals surface area contributed by atoms with E-state index in [0.717, 1.165) is 36.0 Å². The van der Waals surface area contributed by atoms with Gasteiger partial charge in [-0.1, -0.05) is 25.2 Å². The van der Waals surface area contributed by atoms with Gasteiger partial charge in [0, 0.05) is 36.0 Å². The van der Waals surface area contributed by atoms with E-state index in [0.29, 0.717) is 36.5 Å². The predicted molar refractivity (Wildman–Crippen MR) is 120 cm³/mol. The lowest BCUT2D eigenvalue weighted by Gasteiger charge is -2.28. The number of rotatable bonds is 7. The van der Waals surface area contributed by atoms with Crippen LogP contribution in [0.15, 0.2) is 47.2 Å². The SMILES string of the molecule is CCCNC(=O)C1=CCC=CC2=C1CN(C(C)c1cnc(OC3CCC3)c(C)c1)C2=O. The summed E-state index contributed by atoms with van der Waals surface area (Å²) in [5, 5.41) is 2.95. The van der Waals surface area contributed by atoms with Crippen LogP contribution in [-0.2, 0) is 9.59 Å². The average molecular weight is 422 g/mol. The first-order valence-corrected chi connectivity index (χ1v) is 11.3. The van der Waals surface area contributed by atoms with Crippen molar-refractivity contribution in [1.82, 2.24) is 15.2 Å². The minimum Gasteiger partial charge on any atom is -0.474 e. The van der Waals surface area contributed by atoms with Crippen molar-refractivity contribution in [3.05, 3.63) is 58.3 Å². The fourth-order valence-corrected chi connectivity index (χ4v) is 4.15. The summed E-state index contributed by atoms with van der Waals surface area (Å²) in [7, 11) is 0. The van der Waals surface area contributed by atoms with E-state index in [-0.39, 0.29) is 24.0 Å². The van der Waals surface area contributed by atoms with E-state index in [1.165, 1.54) is 6.42 Å². The van der Waals surface area contributed by atoms with Crippen molar-refractivity contribution in [3.63, 3.8) is 0 Å². The van der Waals surface area contributed by atoms with Gasteiger partial charge in [0.25, 0.3) is 11.8 Å². The Bertz CT molecular complexity index is 972. The smallest absolute Gasteiger partial charge is 0.255 e. The van der Waals surface area contributed by atoms with Gasteiger partial charge in [0.05, 0.1) is 6.04 Å². The zero-order valence-corrected chi connectivity index (χ0v) is 18.6. The van der Waals surface area contributed by atoms with Crippen molar-refractivity contribution in [2.75, 3.05) is 13.1 Å². The third-order valence-electron chi connectivity index (χ3n) is 6.32. The topological polar surface area (TPSA) is 71.5 Å². The van der Waals surface area contributed by atoms with Crippen LogP contribution in [-0.4, -0.2) is 40.9 Å². The van der Waals surface area contributed by atoms with Gasteiger partial charge in [0.2, 0.25) is 5.88 Å². The highest BCUT2D eigenvalue weighted by atomic mass is 16.5. The maximum Gasteiger partial charge on any atom is 0.255 e. The Hall–Kier alpha value is -2.89. The molecule has 1 N–H and O–H groups in total. The summed E-state index contributed by atoms with van der Waals surface area (Å²) in [6, 6.07) is 1.90. The Morgan fingerprint density at radius 1 is 1.39 bits per heavy atom. The number of pyridine rings is 1. The number of nitrogens with zero attached hydrogens (tertiary/aromatic N) is 2. The summed E-state index contributed by atoms with van der Waals surface area (Å²) >= 11 is 0. The molecule has 1 unspecified atom stereocenters. The largest absolute Gasteiger partial charge is 0.474 e. The second-order valence-corrected chi connectivity index (χ2v) is 8.57. The first-order valence-electron chi connectivity index (χ1n) is 11.3. The number of hydrogen-bond acceptors (Lipinski definition) is 4. The second kappa shape index (κ2) is 9.08. The lowest BCUT2D eigenvalue weighted by Crippen LogP contribution is -2.31. The Labute approximate surface area is 184 Å². The van der Waals surface area contributed by atoms with Crippen LogP contribution >= 0.6 is 0 Å². The zero-order valence-electron chi connectivity index (χ0n) is 18.6. The first kappa shape index (κ1) is 21.3. The molecule has 0 saturated heterocycles. The highest BCUT2D eigenvalue weighted by Gasteiger charge is 2.36. The standard InChI is InChI=1S/C25H31N3O3/c1-4-12-26-23(29)20-10-5-6-11-21-22(20)15-28(25(21)30)17(3)18-13-16(2)24(27-14-18)31-19-8-7-9-19/h6,10-11,13-14,17,19H,4-5,7-9,12,15H2,1-3H3,(H,26,29). The minimum atomic E-state index is -0.156. The normalized spacial score (nSPS) is 19.5. The molecule has 2 heterocycles. The molecule has 0 spiro atoms. The molecule has 6 nitrogen and oxygen atoms in total. The Balaban J connectivity index is 1.52. The van der Waals surface area contributed by atoms with Crippen molar-refractivity contribution in [3.8, 4) is 5.88 Å². The van der Waals surface area contributed by atoms with Crippen LogP contribution in [0.5, 0.6) is 5.88 Å². The van der Waals surface area contributed by atoms with Gasteiger partial charge >= 0.3 is 0 Å². The maximum absolute atomic E-state index is 13.2. The summed E-state index contributed by atoms with van der Waals surface area (Å²) in [4.78, 5) is 32.3. The van der Waals surface area contributed by atoms with Crippen LogP contribution in [0.3, 0.4) is 0 Å². The third-order valence-corrected chi connectivity index (χ3v) is 6.32. The number of allylic oxidation sites excluding steroid dienone is 2. The van der Waals surface area contributed by atoms with Crippen molar-refractivity contribution in [2.45, 2.75) is 65.0 Å². The molecular weight excluding hydrogens is 390 g/mol. The van der Waals surface area contributed by atoms with Gasteiger partial charge in [0.1, 0.15) is 6.10 Å². The number of hydrogen-bond donors (Lipinski definition) is 1. The Kier molecular flexibility index (Phi) is 6.25. The molecular formula is C25H31N3O3. The summed E-state index contributed by atoms with van der Waals surface area (Å²) in [6.45, 7) is 7.08. The van der Waals surface area contributed by atoms with Crippen LogP contribution in [0, 0.1) is 6.92 Å². The number of carbonyl (C=O) groups excluding carboxylic acids is 2. The van der Waals surface area contributed by atoms with E-state index in [9.17, 15) is 9.59 Å². The van der Waals surface area contributed by atoms with E-state index in [1.807, 2.05) is 50.1 Å². The molecule has 2 aliphatic carbocycles. The van der Waals surface area contributed by atoms with Gasteiger partial charge in [-0.15, -0.1) is 0 Å². The number of ether oxygens (including phenoxy) is 1. The van der Waals surface area contributed by atoms with Gasteiger partial charge in [-0.3, -0.25) is 9.59 Å². The van der Waals surface area contributed by atoms with Gasteiger partial charge in [0.15, 0.2) is 0 Å². The van der Waals surface area contributed by atoms with E-state index >= 15 is 0 Å². The molecule has 1 atom stereocenters. The van der Waals surface area contributed by atoms with Gasteiger partial charge in [-0.25, -0.2) is 4.98 Å². The van der Waals surface area contributed by atoms with Crippen molar-refractivity contribution in [2.24, 2.45) is 0 Å². The van der Waals surface area contributed by atoms with Gasteiger partial charge in [-0.2, -0.15) is 0 Å². The number of nitrogens with one attached hydrogen (secondary N) is 1. The van der Waals surface area contributed by atoms with Gasteiger partial charge < -0.3 is 15.0 Å². The number of carbonyl (C=O) groups is 2. The predicted octanol–water partition coefficient (Wildman–Crippen LogP) is 3.93. The summed E-state index contributed by atoms with van der Waals surface area (Å²) in [5.74, 6) is 0.542. The summed E-state index contributed by atoms with van der Waals surface area (Å²) in [5.41, 5.74) is 4.01. The fraction of sp³-hybridized carbons (Fsp3) is 0.480. The quantitative estimate of drug-likeness (QED) is 0.724. The average Bonchev–Trinajstić information content (AvgIpc) is 2.91. The Morgan fingerprint density at radius 3 is 2.87 bits per heavy atom. The molecule has 6 heteroatoms. The first-order chi connectivity index (χ1) is 15.0. The highest BCUT2D eigenvalue weighted by Crippen LogP contribution is 2.35. The zero-order chi connectivity index (χ0) is 22.0. The maximum atomic E-state index is 13.2. The third kappa shape index (κ3) is 4.29. The molecule has 164 valence electrons. The van der Waals surface area contributed by atoms with Crippen LogP contribution in [0.2, 0.25) is 0 Å². The lowest BCUT2D eigenvalue weighted by atomic mass is 9.96. The number of amides is 2. The Morgan fingerprint density at radius 2 is 2.19 bits per heavy atom. The molecule has 2 amide bonds. The minimum absolute atomic E-state index is 0.0395. The van der Waals surface area contributed by atoms with Crippen LogP contribution in [0.25, 0.3) is 0 Å². The fourth-order valence-electron chi connectivity index (χ4n) is 4.15. The van der Waals surface area contributed by atoms with Crippen LogP contribution in [0.1, 0.15) is 63.1 Å². The molecule has 1 aliphatic heterocycles.